The predicted octanol–water partition coefficient (Wildman–Crippen LogP) is 3.44. The Morgan fingerprint density at radius 2 is 1.41 bits per heavy atom. The molecule has 1 aliphatic heterocycles. The van der Waals surface area contributed by atoms with Crippen molar-refractivity contribution in [2.24, 2.45) is 4.99 Å². The molecule has 0 spiro atoms. The van der Waals surface area contributed by atoms with Crippen molar-refractivity contribution in [2.75, 3.05) is 7.11 Å². The molecular formula is C20H27N3O6. The predicted molar refractivity (Wildman–Crippen MR) is 105 cm³/mol. The Balaban J connectivity index is 2.62. The summed E-state index contributed by atoms with van der Waals surface area (Å²) in [5.41, 5.74) is -3.39. The molecule has 0 saturated heterocycles. The maximum Gasteiger partial charge on any atom is 0.435 e. The molecular weight excluding hydrogens is 378 g/mol. The summed E-state index contributed by atoms with van der Waals surface area (Å²) < 4.78 is 15.8. The molecule has 1 heterocycles. The highest BCUT2D eigenvalue weighted by atomic mass is 16.6. The first-order chi connectivity index (χ1) is 13.3. The van der Waals surface area contributed by atoms with Gasteiger partial charge in [-0.1, -0.05) is 30.3 Å². The van der Waals surface area contributed by atoms with E-state index < -0.39 is 35.0 Å². The highest BCUT2D eigenvalue weighted by molar-refractivity contribution is 5.95. The van der Waals surface area contributed by atoms with Gasteiger partial charge >= 0.3 is 18.2 Å². The number of esters is 1. The first kappa shape index (κ1) is 22.2. The molecule has 1 atom stereocenters. The monoisotopic (exact) mass is 405 g/mol. The first-order valence-electron chi connectivity index (χ1n) is 9.06. The highest BCUT2D eigenvalue weighted by Gasteiger charge is 2.58. The van der Waals surface area contributed by atoms with Crippen LogP contribution in [0.1, 0.15) is 47.1 Å². The average molecular weight is 405 g/mol. The number of carbonyl (C=O) groups excluding carboxylic acids is 3. The van der Waals surface area contributed by atoms with Crippen LogP contribution in [0.15, 0.2) is 35.3 Å². The van der Waals surface area contributed by atoms with Crippen LogP contribution in [0.4, 0.5) is 9.59 Å². The zero-order valence-electron chi connectivity index (χ0n) is 17.8. The lowest BCUT2D eigenvalue weighted by molar-refractivity contribution is -0.160. The van der Waals surface area contributed by atoms with Crippen molar-refractivity contribution < 1.29 is 28.6 Å². The molecule has 0 bridgehead atoms. The highest BCUT2D eigenvalue weighted by Crippen LogP contribution is 2.38. The Kier molecular flexibility index (Phi) is 5.91. The molecule has 0 aliphatic carbocycles. The van der Waals surface area contributed by atoms with Crippen molar-refractivity contribution in [1.82, 2.24) is 10.0 Å². The molecule has 2 amide bonds. The van der Waals surface area contributed by atoms with Crippen LogP contribution in [0.5, 0.6) is 0 Å². The Morgan fingerprint density at radius 3 is 1.90 bits per heavy atom. The second-order valence-electron chi connectivity index (χ2n) is 8.39. The van der Waals surface area contributed by atoms with E-state index in [1.54, 1.807) is 71.9 Å². The summed E-state index contributed by atoms with van der Waals surface area (Å²) in [7, 11) is 1.17. The number of amides is 2. The van der Waals surface area contributed by atoms with Gasteiger partial charge in [0.05, 0.1) is 7.11 Å². The van der Waals surface area contributed by atoms with Gasteiger partial charge in [-0.2, -0.15) is 10.0 Å². The zero-order chi connectivity index (χ0) is 22.0. The molecule has 1 aliphatic rings. The van der Waals surface area contributed by atoms with Crippen molar-refractivity contribution in [2.45, 2.75) is 58.4 Å². The molecule has 1 aromatic rings. The molecule has 0 saturated carbocycles. The second-order valence-corrected chi connectivity index (χ2v) is 8.39. The fourth-order valence-electron chi connectivity index (χ4n) is 2.63. The summed E-state index contributed by atoms with van der Waals surface area (Å²) in [5, 5.41) is 1.64. The summed E-state index contributed by atoms with van der Waals surface area (Å²) in [6.45, 7) is 10.0. The largest absolute Gasteiger partial charge is 0.465 e. The van der Waals surface area contributed by atoms with E-state index in [4.69, 9.17) is 14.2 Å². The molecule has 0 aromatic heterocycles. The summed E-state index contributed by atoms with van der Waals surface area (Å²) >= 11 is 0. The van der Waals surface area contributed by atoms with Crippen molar-refractivity contribution in [3.8, 4) is 0 Å². The van der Waals surface area contributed by atoms with Gasteiger partial charge in [0.15, 0.2) is 0 Å². The van der Waals surface area contributed by atoms with Gasteiger partial charge in [-0.25, -0.2) is 19.4 Å². The third kappa shape index (κ3) is 4.67. The minimum atomic E-state index is -1.98. The molecule has 9 nitrogen and oxygen atoms in total. The Labute approximate surface area is 170 Å². The Morgan fingerprint density at radius 1 is 0.897 bits per heavy atom. The number of ether oxygens (including phenoxy) is 3. The van der Waals surface area contributed by atoms with Gasteiger partial charge in [-0.3, -0.25) is 0 Å². The van der Waals surface area contributed by atoms with E-state index in [0.29, 0.717) is 5.56 Å². The van der Waals surface area contributed by atoms with E-state index in [2.05, 4.69) is 4.99 Å². The van der Waals surface area contributed by atoms with Crippen LogP contribution in [0.2, 0.25) is 0 Å². The number of benzene rings is 1. The Hall–Kier alpha value is -3.10. The van der Waals surface area contributed by atoms with Gasteiger partial charge in [-0.05, 0) is 41.5 Å². The number of hydrogen-bond donors (Lipinski definition) is 0. The number of carbonyl (C=O) groups is 3. The number of methoxy groups -OCH3 is 1. The first-order valence-corrected chi connectivity index (χ1v) is 9.06. The lowest BCUT2D eigenvalue weighted by Crippen LogP contribution is -2.59. The Bertz CT molecular complexity index is 810. The summed E-state index contributed by atoms with van der Waals surface area (Å²) in [6.07, 6.45) is -0.800. The number of nitrogens with zero attached hydrogens (tertiary/aromatic N) is 3. The van der Waals surface area contributed by atoms with Crippen LogP contribution in [0, 0.1) is 0 Å². The lowest BCUT2D eigenvalue weighted by atomic mass is 9.99. The standard InChI is InChI=1S/C20H27N3O6/c1-18(2,3)28-16(25)22-13-21-20(15(24)27-7,14-11-9-8-10-12-14)23(22)17(26)29-19(4,5)6/h8-13H,1-7H3/t20-/m0/s1. The van der Waals surface area contributed by atoms with Crippen LogP contribution in [0.3, 0.4) is 0 Å². The molecule has 0 fully saturated rings. The van der Waals surface area contributed by atoms with E-state index >= 15 is 0 Å². The van der Waals surface area contributed by atoms with Crippen LogP contribution in [-0.2, 0) is 24.7 Å². The molecule has 158 valence electrons. The van der Waals surface area contributed by atoms with E-state index in [0.717, 1.165) is 16.4 Å². The fraction of sp³-hybridized carbons (Fsp3) is 0.500. The minimum Gasteiger partial charge on any atom is -0.465 e. The van der Waals surface area contributed by atoms with Gasteiger partial charge < -0.3 is 14.2 Å². The van der Waals surface area contributed by atoms with Crippen molar-refractivity contribution in [3.63, 3.8) is 0 Å². The van der Waals surface area contributed by atoms with Crippen LogP contribution < -0.4 is 0 Å². The number of hydrogen-bond acceptors (Lipinski definition) is 7. The van der Waals surface area contributed by atoms with Crippen LogP contribution in [0.25, 0.3) is 0 Å². The number of hydrazine groups is 1. The third-order valence-electron chi connectivity index (χ3n) is 3.67. The summed E-state index contributed by atoms with van der Waals surface area (Å²) in [6, 6.07) is 8.31. The van der Waals surface area contributed by atoms with Crippen LogP contribution in [-0.4, -0.2) is 52.8 Å². The topological polar surface area (TPSA) is 97.7 Å². The molecule has 0 unspecified atom stereocenters. The van der Waals surface area contributed by atoms with E-state index in [1.807, 2.05) is 0 Å². The molecule has 9 heteroatoms. The molecule has 2 rings (SSSR count). The van der Waals surface area contributed by atoms with Gasteiger partial charge in [0.2, 0.25) is 0 Å². The van der Waals surface area contributed by atoms with Crippen molar-refractivity contribution >= 4 is 24.5 Å². The summed E-state index contributed by atoms with van der Waals surface area (Å²) in [4.78, 5) is 43.0. The average Bonchev–Trinajstić information content (AvgIpc) is 3.00. The molecule has 29 heavy (non-hydrogen) atoms. The van der Waals surface area contributed by atoms with E-state index in [1.165, 1.54) is 7.11 Å². The third-order valence-corrected chi connectivity index (χ3v) is 3.67. The normalized spacial score (nSPS) is 19.1. The van der Waals surface area contributed by atoms with Crippen molar-refractivity contribution in [1.29, 1.82) is 0 Å². The number of rotatable bonds is 2. The minimum absolute atomic E-state index is 0.319. The summed E-state index contributed by atoms with van der Waals surface area (Å²) in [5.74, 6) is -0.864. The SMILES string of the molecule is COC(=O)[C@@]1(c2ccccc2)N=CN(C(=O)OC(C)(C)C)N1C(=O)OC(C)(C)C. The smallest absolute Gasteiger partial charge is 0.435 e. The molecule has 1 aromatic carbocycles. The zero-order valence-corrected chi connectivity index (χ0v) is 17.8. The second kappa shape index (κ2) is 7.73. The van der Waals surface area contributed by atoms with Gasteiger partial charge in [-0.15, -0.1) is 0 Å². The maximum absolute atomic E-state index is 13.1. The maximum atomic E-state index is 13.1. The quantitative estimate of drug-likeness (QED) is 0.552. The van der Waals surface area contributed by atoms with Crippen LogP contribution >= 0.6 is 0 Å². The fourth-order valence-corrected chi connectivity index (χ4v) is 2.63. The molecule has 0 N–H and O–H groups in total. The van der Waals surface area contributed by atoms with E-state index in [-0.39, 0.29) is 0 Å². The van der Waals surface area contributed by atoms with Gasteiger partial charge in [0, 0.05) is 5.56 Å². The molecule has 0 radical (unpaired) electrons. The van der Waals surface area contributed by atoms with Gasteiger partial charge in [0.25, 0.3) is 5.66 Å². The lowest BCUT2D eigenvalue weighted by Gasteiger charge is -2.38. The van der Waals surface area contributed by atoms with E-state index in [9.17, 15) is 14.4 Å². The number of aliphatic imine (C=N–C) groups is 1. The van der Waals surface area contributed by atoms with Crippen molar-refractivity contribution in [3.05, 3.63) is 35.9 Å². The van der Waals surface area contributed by atoms with Gasteiger partial charge in [0.1, 0.15) is 17.5 Å².